The van der Waals surface area contributed by atoms with Crippen LogP contribution < -0.4 is 15.5 Å². The van der Waals surface area contributed by atoms with Crippen LogP contribution in [0.1, 0.15) is 59.3 Å². The Morgan fingerprint density at radius 2 is 1.91 bits per heavy atom. The van der Waals surface area contributed by atoms with E-state index in [0.29, 0.717) is 25.4 Å². The van der Waals surface area contributed by atoms with Gasteiger partial charge in [0.25, 0.3) is 0 Å². The SMILES string of the molecule is CCCCNC(=O)[C@@](C)(C(=O)NC)C(C1CC1)C(CC)CC(=O)N1CCSc2ccccc21. The van der Waals surface area contributed by atoms with Gasteiger partial charge in [-0.05, 0) is 56.1 Å². The number of thioether (sulfide) groups is 1. The molecule has 2 aliphatic rings. The average molecular weight is 474 g/mol. The fourth-order valence-corrected chi connectivity index (χ4v) is 6.29. The number of carbonyl (C=O) groups is 3. The summed E-state index contributed by atoms with van der Waals surface area (Å²) >= 11 is 1.78. The molecule has 3 atom stereocenters. The Balaban J connectivity index is 1.86. The lowest BCUT2D eigenvalue weighted by molar-refractivity contribution is -0.149. The minimum absolute atomic E-state index is 0.0361. The molecule has 1 aromatic carbocycles. The molecule has 0 spiro atoms. The molecule has 3 amide bonds. The highest BCUT2D eigenvalue weighted by atomic mass is 32.2. The molecule has 2 N–H and O–H groups in total. The Morgan fingerprint density at radius 3 is 2.55 bits per heavy atom. The van der Waals surface area contributed by atoms with Crippen LogP contribution in [0.25, 0.3) is 0 Å². The third-order valence-electron chi connectivity index (χ3n) is 7.28. The molecule has 7 heteroatoms. The zero-order chi connectivity index (χ0) is 24.0. The molecule has 1 aliphatic heterocycles. The maximum absolute atomic E-state index is 13.5. The Morgan fingerprint density at radius 1 is 1.18 bits per heavy atom. The van der Waals surface area contributed by atoms with Crippen molar-refractivity contribution >= 4 is 35.2 Å². The molecule has 182 valence electrons. The number of hydrogen-bond donors (Lipinski definition) is 2. The van der Waals surface area contributed by atoms with Crippen LogP contribution in [-0.2, 0) is 14.4 Å². The first kappa shape index (κ1) is 25.6. The monoisotopic (exact) mass is 473 g/mol. The van der Waals surface area contributed by atoms with Gasteiger partial charge in [0.2, 0.25) is 17.7 Å². The first-order chi connectivity index (χ1) is 15.9. The van der Waals surface area contributed by atoms with Crippen LogP contribution in [0.5, 0.6) is 0 Å². The van der Waals surface area contributed by atoms with Gasteiger partial charge in [-0.1, -0.05) is 38.8 Å². The van der Waals surface area contributed by atoms with Gasteiger partial charge in [-0.2, -0.15) is 0 Å². The van der Waals surface area contributed by atoms with E-state index in [-0.39, 0.29) is 29.6 Å². The number of nitrogens with one attached hydrogen (secondary N) is 2. The fraction of sp³-hybridized carbons (Fsp3) is 0.654. The van der Waals surface area contributed by atoms with Crippen molar-refractivity contribution in [3.63, 3.8) is 0 Å². The summed E-state index contributed by atoms with van der Waals surface area (Å²) in [7, 11) is 1.60. The number of rotatable bonds is 11. The second kappa shape index (κ2) is 11.4. The van der Waals surface area contributed by atoms with E-state index in [1.54, 1.807) is 25.7 Å². The van der Waals surface area contributed by atoms with Gasteiger partial charge in [-0.15, -0.1) is 11.8 Å². The highest BCUT2D eigenvalue weighted by molar-refractivity contribution is 7.99. The lowest BCUT2D eigenvalue weighted by atomic mass is 9.65. The van der Waals surface area contributed by atoms with Crippen molar-refractivity contribution in [1.82, 2.24) is 10.6 Å². The van der Waals surface area contributed by atoms with E-state index in [9.17, 15) is 14.4 Å². The quantitative estimate of drug-likeness (QED) is 0.372. The molecule has 6 nitrogen and oxygen atoms in total. The molecule has 1 heterocycles. The van der Waals surface area contributed by atoms with E-state index in [0.717, 1.165) is 48.4 Å². The van der Waals surface area contributed by atoms with Crippen molar-refractivity contribution in [2.45, 2.75) is 64.2 Å². The van der Waals surface area contributed by atoms with Gasteiger partial charge in [-0.25, -0.2) is 0 Å². The molecule has 3 rings (SSSR count). The number of anilines is 1. The van der Waals surface area contributed by atoms with Gasteiger partial charge in [0.1, 0.15) is 5.41 Å². The molecular weight excluding hydrogens is 434 g/mol. The number of unbranched alkanes of at least 4 members (excludes halogenated alkanes) is 1. The summed E-state index contributed by atoms with van der Waals surface area (Å²) in [6.45, 7) is 7.20. The fourth-order valence-electron chi connectivity index (χ4n) is 5.30. The number of fused-ring (bicyclic) bond motifs is 1. The van der Waals surface area contributed by atoms with Crippen molar-refractivity contribution in [1.29, 1.82) is 0 Å². The maximum Gasteiger partial charge on any atom is 0.235 e. The summed E-state index contributed by atoms with van der Waals surface area (Å²) in [4.78, 5) is 43.2. The molecular formula is C26H39N3O3S. The zero-order valence-electron chi connectivity index (χ0n) is 20.5. The van der Waals surface area contributed by atoms with E-state index in [1.807, 2.05) is 23.1 Å². The standard InChI is InChI=1S/C26H39N3O3S/c1-5-7-14-28-25(32)26(3,24(31)27-4)23(19-12-13-19)18(6-2)17-22(30)29-15-16-33-21-11-9-8-10-20(21)29/h8-11,18-19,23H,5-7,12-17H2,1-4H3,(H,27,31)(H,28,32)/t18?,23?,26-/m1/s1. The van der Waals surface area contributed by atoms with E-state index < -0.39 is 5.41 Å². The van der Waals surface area contributed by atoms with Crippen molar-refractivity contribution in [3.05, 3.63) is 24.3 Å². The van der Waals surface area contributed by atoms with Crippen LogP contribution in [0, 0.1) is 23.2 Å². The normalized spacial score (nSPS) is 19.1. The van der Waals surface area contributed by atoms with Crippen LogP contribution in [0.2, 0.25) is 0 Å². The second-order valence-corrected chi connectivity index (χ2v) is 10.6. The summed E-state index contributed by atoms with van der Waals surface area (Å²) in [6, 6.07) is 8.05. The van der Waals surface area contributed by atoms with E-state index in [4.69, 9.17) is 0 Å². The molecule has 1 aliphatic carbocycles. The molecule has 1 fully saturated rings. The van der Waals surface area contributed by atoms with Crippen LogP contribution in [-0.4, -0.2) is 43.6 Å². The van der Waals surface area contributed by atoms with E-state index in [1.165, 1.54) is 0 Å². The summed E-state index contributed by atoms with van der Waals surface area (Å²) in [6.07, 6.45) is 4.98. The molecule has 0 aromatic heterocycles. The van der Waals surface area contributed by atoms with Gasteiger partial charge in [-0.3, -0.25) is 14.4 Å². The number of amides is 3. The predicted octanol–water partition coefficient (Wildman–Crippen LogP) is 4.24. The third-order valence-corrected chi connectivity index (χ3v) is 8.32. The third kappa shape index (κ3) is 5.56. The van der Waals surface area contributed by atoms with Crippen LogP contribution in [0.15, 0.2) is 29.2 Å². The number of carbonyl (C=O) groups excluding carboxylic acids is 3. The number of benzene rings is 1. The Hall–Kier alpha value is -2.02. The van der Waals surface area contributed by atoms with Crippen LogP contribution >= 0.6 is 11.8 Å². The summed E-state index contributed by atoms with van der Waals surface area (Å²) in [5, 5.41) is 5.76. The topological polar surface area (TPSA) is 78.5 Å². The van der Waals surface area contributed by atoms with E-state index in [2.05, 4.69) is 30.5 Å². The Labute approximate surface area is 202 Å². The average Bonchev–Trinajstić information content (AvgIpc) is 3.67. The molecule has 0 saturated heterocycles. The molecule has 0 bridgehead atoms. The van der Waals surface area contributed by atoms with Gasteiger partial charge < -0.3 is 15.5 Å². The lowest BCUT2D eigenvalue weighted by Crippen LogP contribution is -2.56. The first-order valence-electron chi connectivity index (χ1n) is 12.4. The Bertz CT molecular complexity index is 857. The van der Waals surface area contributed by atoms with Crippen LogP contribution in [0.3, 0.4) is 0 Å². The minimum Gasteiger partial charge on any atom is -0.358 e. The van der Waals surface area contributed by atoms with Crippen molar-refractivity contribution in [2.24, 2.45) is 23.2 Å². The number of hydrogen-bond acceptors (Lipinski definition) is 4. The Kier molecular flexibility index (Phi) is 8.85. The second-order valence-electron chi connectivity index (χ2n) is 9.49. The largest absolute Gasteiger partial charge is 0.358 e. The molecule has 0 radical (unpaired) electrons. The molecule has 1 saturated carbocycles. The smallest absolute Gasteiger partial charge is 0.235 e. The minimum atomic E-state index is -1.19. The number of para-hydroxylation sites is 1. The van der Waals surface area contributed by atoms with Gasteiger partial charge in [0, 0.05) is 37.2 Å². The van der Waals surface area contributed by atoms with Crippen molar-refractivity contribution in [3.8, 4) is 0 Å². The van der Waals surface area contributed by atoms with Gasteiger partial charge in [0.05, 0.1) is 5.69 Å². The first-order valence-corrected chi connectivity index (χ1v) is 13.4. The maximum atomic E-state index is 13.5. The van der Waals surface area contributed by atoms with E-state index >= 15 is 0 Å². The molecule has 2 unspecified atom stereocenters. The highest BCUT2D eigenvalue weighted by Gasteiger charge is 2.55. The van der Waals surface area contributed by atoms with Crippen molar-refractivity contribution < 1.29 is 14.4 Å². The molecule has 33 heavy (non-hydrogen) atoms. The lowest BCUT2D eigenvalue weighted by Gasteiger charge is -2.40. The van der Waals surface area contributed by atoms with Crippen LogP contribution in [0.4, 0.5) is 5.69 Å². The zero-order valence-corrected chi connectivity index (χ0v) is 21.3. The summed E-state index contributed by atoms with van der Waals surface area (Å²) < 4.78 is 0. The predicted molar refractivity (Wildman–Crippen MR) is 134 cm³/mol. The van der Waals surface area contributed by atoms with Gasteiger partial charge >= 0.3 is 0 Å². The number of nitrogens with zero attached hydrogens (tertiary/aromatic N) is 1. The molecule has 1 aromatic rings. The summed E-state index contributed by atoms with van der Waals surface area (Å²) in [5.41, 5.74) is -0.219. The summed E-state index contributed by atoms with van der Waals surface area (Å²) in [5.74, 6) is 0.601. The van der Waals surface area contributed by atoms with Gasteiger partial charge in [0.15, 0.2) is 0 Å². The van der Waals surface area contributed by atoms with Crippen molar-refractivity contribution in [2.75, 3.05) is 30.8 Å². The highest BCUT2D eigenvalue weighted by Crippen LogP contribution is 2.52.